The second kappa shape index (κ2) is 7.16. The predicted octanol–water partition coefficient (Wildman–Crippen LogP) is 2.29. The highest BCUT2D eigenvalue weighted by atomic mass is 79.9. The summed E-state index contributed by atoms with van der Waals surface area (Å²) in [6.45, 7) is 1.87. The Labute approximate surface area is 159 Å². The van der Waals surface area contributed by atoms with Crippen molar-refractivity contribution in [1.82, 2.24) is 0 Å². The maximum absolute atomic E-state index is 13.4. The Balaban J connectivity index is 2.15. The summed E-state index contributed by atoms with van der Waals surface area (Å²) < 4.78 is 39.5. The number of carbonyl (C=O) groups excluding carboxylic acids is 1. The number of para-hydroxylation sites is 2. The Hall–Kier alpha value is -2.26. The molecule has 0 aliphatic carbocycles. The van der Waals surface area contributed by atoms with Crippen LogP contribution in [0.2, 0.25) is 0 Å². The molecule has 26 heavy (non-hydrogen) atoms. The van der Waals surface area contributed by atoms with E-state index in [9.17, 15) is 13.2 Å². The molecule has 0 bridgehead atoms. The quantitative estimate of drug-likeness (QED) is 0.768. The van der Waals surface area contributed by atoms with E-state index >= 15 is 0 Å². The third-order valence-electron chi connectivity index (χ3n) is 3.83. The van der Waals surface area contributed by atoms with Crippen molar-refractivity contribution < 1.29 is 22.7 Å². The van der Waals surface area contributed by atoms with Crippen molar-refractivity contribution in [3.63, 3.8) is 0 Å². The Bertz CT molecular complexity index is 948. The average molecular weight is 441 g/mol. The topological polar surface area (TPSA) is 98.9 Å². The minimum absolute atomic E-state index is 0.00588. The zero-order chi connectivity index (χ0) is 18.9. The molecule has 1 atom stereocenters. The van der Waals surface area contributed by atoms with Crippen molar-refractivity contribution in [2.75, 3.05) is 17.5 Å². The third kappa shape index (κ3) is 3.36. The van der Waals surface area contributed by atoms with Crippen LogP contribution in [0.3, 0.4) is 0 Å². The van der Waals surface area contributed by atoms with E-state index in [1.807, 2.05) is 0 Å². The number of fused-ring (bicyclic) bond motifs is 1. The van der Waals surface area contributed by atoms with E-state index < -0.39 is 22.0 Å². The zero-order valence-electron chi connectivity index (χ0n) is 13.9. The van der Waals surface area contributed by atoms with Gasteiger partial charge in [-0.05, 0) is 37.3 Å². The van der Waals surface area contributed by atoms with E-state index in [0.717, 1.165) is 4.31 Å². The highest BCUT2D eigenvalue weighted by Crippen LogP contribution is 2.39. The molecule has 1 aliphatic heterocycles. The number of benzene rings is 2. The fourth-order valence-electron chi connectivity index (χ4n) is 2.65. The lowest BCUT2D eigenvalue weighted by molar-refractivity contribution is -0.124. The average Bonchev–Trinajstić information content (AvgIpc) is 2.62. The van der Waals surface area contributed by atoms with Crippen LogP contribution in [-0.4, -0.2) is 33.6 Å². The Morgan fingerprint density at radius 1 is 1.35 bits per heavy atom. The van der Waals surface area contributed by atoms with Gasteiger partial charge in [0.25, 0.3) is 15.9 Å². The van der Waals surface area contributed by atoms with Crippen molar-refractivity contribution in [2.24, 2.45) is 5.73 Å². The van der Waals surface area contributed by atoms with Crippen molar-refractivity contribution in [3.05, 3.63) is 46.9 Å². The summed E-state index contributed by atoms with van der Waals surface area (Å²) in [5.74, 6) is -0.228. The van der Waals surface area contributed by atoms with Gasteiger partial charge in [0.15, 0.2) is 6.10 Å². The molecule has 0 radical (unpaired) electrons. The first-order valence-electron chi connectivity index (χ1n) is 7.84. The van der Waals surface area contributed by atoms with Gasteiger partial charge in [0.2, 0.25) is 0 Å². The number of rotatable bonds is 5. The molecule has 1 amide bonds. The molecular formula is C17H17BrN2O5S. The molecule has 7 nitrogen and oxygen atoms in total. The smallest absolute Gasteiger partial charge is 0.268 e. The number of nitrogens with zero attached hydrogens (tertiary/aromatic N) is 1. The summed E-state index contributed by atoms with van der Waals surface area (Å²) >= 11 is 3.29. The van der Waals surface area contributed by atoms with E-state index in [1.165, 1.54) is 6.07 Å². The minimum Gasteiger partial charge on any atom is -0.492 e. The lowest BCUT2D eigenvalue weighted by Gasteiger charge is -2.34. The highest BCUT2D eigenvalue weighted by molar-refractivity contribution is 9.10. The minimum atomic E-state index is -4.03. The zero-order valence-corrected chi connectivity index (χ0v) is 16.3. The molecule has 0 saturated carbocycles. The van der Waals surface area contributed by atoms with E-state index in [0.29, 0.717) is 16.8 Å². The van der Waals surface area contributed by atoms with Crippen LogP contribution < -0.4 is 19.5 Å². The largest absolute Gasteiger partial charge is 0.492 e. The Kier molecular flexibility index (Phi) is 5.10. The maximum Gasteiger partial charge on any atom is 0.268 e. The predicted molar refractivity (Wildman–Crippen MR) is 99.9 cm³/mol. The molecule has 1 heterocycles. The molecule has 0 saturated heterocycles. The summed E-state index contributed by atoms with van der Waals surface area (Å²) in [7, 11) is -4.03. The van der Waals surface area contributed by atoms with Crippen LogP contribution >= 0.6 is 15.9 Å². The van der Waals surface area contributed by atoms with Crippen LogP contribution in [0.5, 0.6) is 11.5 Å². The molecule has 0 fully saturated rings. The molecule has 0 aromatic heterocycles. The molecule has 9 heteroatoms. The second-order valence-electron chi connectivity index (χ2n) is 5.54. The van der Waals surface area contributed by atoms with Gasteiger partial charge in [0.1, 0.15) is 16.4 Å². The first-order chi connectivity index (χ1) is 12.3. The monoisotopic (exact) mass is 440 g/mol. The maximum atomic E-state index is 13.4. The fourth-order valence-corrected chi connectivity index (χ4v) is 4.80. The number of nitrogens with two attached hydrogens (primary N) is 1. The molecule has 2 aromatic rings. The standard InChI is InChI=1S/C17H17BrN2O5S/c1-2-24-14-8-7-11(18)9-16(14)26(22,23)20-10-15(17(19)21)25-13-6-4-3-5-12(13)20/h3-9,15H,2,10H2,1H3,(H2,19,21)/t15-/m0/s1. The van der Waals surface area contributed by atoms with Crippen LogP contribution in [0.4, 0.5) is 5.69 Å². The third-order valence-corrected chi connectivity index (χ3v) is 6.12. The number of primary amides is 1. The molecule has 138 valence electrons. The van der Waals surface area contributed by atoms with Crippen molar-refractivity contribution in [2.45, 2.75) is 17.9 Å². The van der Waals surface area contributed by atoms with Crippen LogP contribution in [0.25, 0.3) is 0 Å². The number of anilines is 1. The summed E-state index contributed by atoms with van der Waals surface area (Å²) in [5.41, 5.74) is 5.69. The number of halogens is 1. The number of sulfonamides is 1. The number of hydrogen-bond acceptors (Lipinski definition) is 5. The summed E-state index contributed by atoms with van der Waals surface area (Å²) in [4.78, 5) is 11.6. The SMILES string of the molecule is CCOc1ccc(Br)cc1S(=O)(=O)N1C[C@@H](C(N)=O)Oc2ccccc21. The molecule has 1 aliphatic rings. The van der Waals surface area contributed by atoms with Crippen molar-refractivity contribution in [1.29, 1.82) is 0 Å². The number of amides is 1. The van der Waals surface area contributed by atoms with Crippen LogP contribution in [-0.2, 0) is 14.8 Å². The van der Waals surface area contributed by atoms with Gasteiger partial charge >= 0.3 is 0 Å². The van der Waals surface area contributed by atoms with Gasteiger partial charge in [-0.1, -0.05) is 28.1 Å². The number of hydrogen-bond donors (Lipinski definition) is 1. The molecule has 2 aromatic carbocycles. The van der Waals surface area contributed by atoms with E-state index in [-0.39, 0.29) is 22.9 Å². The molecular weight excluding hydrogens is 424 g/mol. The van der Waals surface area contributed by atoms with Gasteiger partial charge in [-0.25, -0.2) is 8.42 Å². The second-order valence-corrected chi connectivity index (χ2v) is 8.28. The van der Waals surface area contributed by atoms with E-state index in [1.54, 1.807) is 43.3 Å². The highest BCUT2D eigenvalue weighted by Gasteiger charge is 2.38. The van der Waals surface area contributed by atoms with Gasteiger partial charge in [-0.2, -0.15) is 0 Å². The normalized spacial score (nSPS) is 16.5. The van der Waals surface area contributed by atoms with Crippen molar-refractivity contribution >= 4 is 37.5 Å². The van der Waals surface area contributed by atoms with Gasteiger partial charge in [0.05, 0.1) is 18.8 Å². The van der Waals surface area contributed by atoms with Crippen molar-refractivity contribution in [3.8, 4) is 11.5 Å². The summed E-state index contributed by atoms with van der Waals surface area (Å²) in [6.07, 6.45) is -1.08. The fraction of sp³-hybridized carbons (Fsp3) is 0.235. The van der Waals surface area contributed by atoms with Gasteiger partial charge < -0.3 is 15.2 Å². The van der Waals surface area contributed by atoms with E-state index in [2.05, 4.69) is 15.9 Å². The molecule has 0 unspecified atom stereocenters. The first-order valence-corrected chi connectivity index (χ1v) is 10.1. The van der Waals surface area contributed by atoms with Crippen LogP contribution in [0.15, 0.2) is 51.8 Å². The lowest BCUT2D eigenvalue weighted by Crippen LogP contribution is -2.49. The molecule has 0 spiro atoms. The van der Waals surface area contributed by atoms with E-state index in [4.69, 9.17) is 15.2 Å². The van der Waals surface area contributed by atoms with Gasteiger partial charge in [-0.15, -0.1) is 0 Å². The first kappa shape index (κ1) is 18.5. The molecule has 2 N–H and O–H groups in total. The lowest BCUT2D eigenvalue weighted by atomic mass is 10.2. The van der Waals surface area contributed by atoms with Crippen LogP contribution in [0, 0.1) is 0 Å². The summed E-state index contributed by atoms with van der Waals surface area (Å²) in [6, 6.07) is 11.3. The summed E-state index contributed by atoms with van der Waals surface area (Å²) in [5, 5.41) is 0. The number of ether oxygens (including phenoxy) is 2. The van der Waals surface area contributed by atoms with Crippen LogP contribution in [0.1, 0.15) is 6.92 Å². The Morgan fingerprint density at radius 3 is 2.77 bits per heavy atom. The molecule has 3 rings (SSSR count). The van der Waals surface area contributed by atoms with Gasteiger partial charge in [0, 0.05) is 4.47 Å². The Morgan fingerprint density at radius 2 is 2.08 bits per heavy atom. The number of carbonyl (C=O) groups is 1. The van der Waals surface area contributed by atoms with Gasteiger partial charge in [-0.3, -0.25) is 9.10 Å².